The lowest BCUT2D eigenvalue weighted by molar-refractivity contribution is 1.32. The first kappa shape index (κ1) is 14.3. The molecule has 114 valence electrons. The highest BCUT2D eigenvalue weighted by Gasteiger charge is 2.13. The van der Waals surface area contributed by atoms with Crippen molar-refractivity contribution in [2.75, 3.05) is 0 Å². The summed E-state index contributed by atoms with van der Waals surface area (Å²) in [6, 6.07) is 25.2. The van der Waals surface area contributed by atoms with Crippen LogP contribution in [0.2, 0.25) is 0 Å². The zero-order valence-corrected chi connectivity index (χ0v) is 13.1. The lowest BCUT2D eigenvalue weighted by atomic mass is 9.88. The molecule has 0 radical (unpaired) electrons. The molecule has 0 spiro atoms. The van der Waals surface area contributed by atoms with Crippen LogP contribution in [0.3, 0.4) is 0 Å². The minimum Gasteiger partial charge on any atom is -0.265 e. The number of nitrogens with zero attached hydrogens (tertiary/aromatic N) is 2. The quantitative estimate of drug-likeness (QED) is 0.501. The van der Waals surface area contributed by atoms with Crippen molar-refractivity contribution in [1.82, 2.24) is 9.97 Å². The van der Waals surface area contributed by atoms with Crippen LogP contribution in [0.25, 0.3) is 33.4 Å². The Morgan fingerprint density at radius 1 is 0.417 bits per heavy atom. The van der Waals surface area contributed by atoms with Crippen molar-refractivity contribution in [3.8, 4) is 33.4 Å². The maximum atomic E-state index is 4.17. The molecule has 0 saturated carbocycles. The van der Waals surface area contributed by atoms with Gasteiger partial charge in [0.1, 0.15) is 0 Å². The maximum absolute atomic E-state index is 4.17. The number of rotatable bonds is 3. The molecule has 0 amide bonds. The molecular formula is C22H16N2. The van der Waals surface area contributed by atoms with Gasteiger partial charge in [-0.3, -0.25) is 9.97 Å². The van der Waals surface area contributed by atoms with E-state index in [4.69, 9.17) is 0 Å². The molecular weight excluding hydrogens is 292 g/mol. The third kappa shape index (κ3) is 2.70. The van der Waals surface area contributed by atoms with Gasteiger partial charge in [-0.2, -0.15) is 0 Å². The molecule has 2 aromatic carbocycles. The van der Waals surface area contributed by atoms with Crippen molar-refractivity contribution < 1.29 is 0 Å². The molecule has 24 heavy (non-hydrogen) atoms. The molecule has 2 aromatic heterocycles. The fourth-order valence-corrected chi connectivity index (χ4v) is 3.01. The van der Waals surface area contributed by atoms with Gasteiger partial charge in [0.2, 0.25) is 0 Å². The van der Waals surface area contributed by atoms with Gasteiger partial charge in [0, 0.05) is 24.8 Å². The summed E-state index contributed by atoms with van der Waals surface area (Å²) >= 11 is 0. The first-order chi connectivity index (χ1) is 11.9. The predicted molar refractivity (Wildman–Crippen MR) is 98.3 cm³/mol. The summed E-state index contributed by atoms with van der Waals surface area (Å²) in [6.07, 6.45) is 7.35. The predicted octanol–water partition coefficient (Wildman–Crippen LogP) is 5.48. The lowest BCUT2D eigenvalue weighted by Gasteiger charge is -2.16. The Kier molecular flexibility index (Phi) is 3.86. The third-order valence-corrected chi connectivity index (χ3v) is 4.11. The normalized spacial score (nSPS) is 10.5. The Bertz CT molecular complexity index is 876. The Morgan fingerprint density at radius 2 is 0.917 bits per heavy atom. The highest BCUT2D eigenvalue weighted by Crippen LogP contribution is 2.39. The van der Waals surface area contributed by atoms with E-state index >= 15 is 0 Å². The van der Waals surface area contributed by atoms with E-state index in [0.717, 1.165) is 11.1 Å². The van der Waals surface area contributed by atoms with Gasteiger partial charge in [0.25, 0.3) is 0 Å². The summed E-state index contributed by atoms with van der Waals surface area (Å²) in [6.45, 7) is 0. The standard InChI is InChI=1S/C22H16N2/c1-2-5-17(6-3-1)20-7-4-8-21(18-9-13-23-14-10-18)22(20)19-11-15-24-16-12-19/h1-16H. The van der Waals surface area contributed by atoms with Gasteiger partial charge in [-0.1, -0.05) is 48.5 Å². The highest BCUT2D eigenvalue weighted by molar-refractivity contribution is 5.94. The highest BCUT2D eigenvalue weighted by atomic mass is 14.6. The van der Waals surface area contributed by atoms with Crippen LogP contribution >= 0.6 is 0 Å². The molecule has 0 unspecified atom stereocenters. The van der Waals surface area contributed by atoms with Crippen molar-refractivity contribution in [2.24, 2.45) is 0 Å². The second-order valence-electron chi connectivity index (χ2n) is 5.57. The molecule has 4 aromatic rings. The van der Waals surface area contributed by atoms with Gasteiger partial charge in [0.15, 0.2) is 0 Å². The van der Waals surface area contributed by atoms with Crippen molar-refractivity contribution in [3.63, 3.8) is 0 Å². The molecule has 2 heterocycles. The first-order valence-electron chi connectivity index (χ1n) is 7.93. The van der Waals surface area contributed by atoms with E-state index in [1.165, 1.54) is 22.3 Å². The minimum atomic E-state index is 1.16. The number of benzene rings is 2. The van der Waals surface area contributed by atoms with Crippen LogP contribution in [0.4, 0.5) is 0 Å². The Hall–Kier alpha value is -3.26. The first-order valence-corrected chi connectivity index (χ1v) is 7.93. The Labute approximate surface area is 141 Å². The lowest BCUT2D eigenvalue weighted by Crippen LogP contribution is -1.90. The van der Waals surface area contributed by atoms with Gasteiger partial charge < -0.3 is 0 Å². The fourth-order valence-electron chi connectivity index (χ4n) is 3.01. The number of hydrogen-bond acceptors (Lipinski definition) is 2. The largest absolute Gasteiger partial charge is 0.265 e. The zero-order valence-electron chi connectivity index (χ0n) is 13.1. The van der Waals surface area contributed by atoms with Crippen LogP contribution in [-0.2, 0) is 0 Å². The molecule has 0 aliphatic heterocycles. The Balaban J connectivity index is 2.02. The maximum Gasteiger partial charge on any atom is 0.0273 e. The van der Waals surface area contributed by atoms with Crippen LogP contribution < -0.4 is 0 Å². The van der Waals surface area contributed by atoms with Crippen LogP contribution in [0, 0.1) is 0 Å². The smallest absolute Gasteiger partial charge is 0.0273 e. The van der Waals surface area contributed by atoms with Gasteiger partial charge >= 0.3 is 0 Å². The summed E-state index contributed by atoms with van der Waals surface area (Å²) in [7, 11) is 0. The second-order valence-corrected chi connectivity index (χ2v) is 5.57. The molecule has 4 rings (SSSR count). The molecule has 0 saturated heterocycles. The van der Waals surface area contributed by atoms with Crippen molar-refractivity contribution in [2.45, 2.75) is 0 Å². The third-order valence-electron chi connectivity index (χ3n) is 4.11. The van der Waals surface area contributed by atoms with Crippen LogP contribution in [0.1, 0.15) is 0 Å². The van der Waals surface area contributed by atoms with Crippen LogP contribution in [0.15, 0.2) is 97.6 Å². The molecule has 2 heteroatoms. The number of aromatic nitrogens is 2. The average molecular weight is 308 g/mol. The summed E-state index contributed by atoms with van der Waals surface area (Å²) in [5.74, 6) is 0. The summed E-state index contributed by atoms with van der Waals surface area (Å²) in [5, 5.41) is 0. The van der Waals surface area contributed by atoms with Crippen molar-refractivity contribution >= 4 is 0 Å². The minimum absolute atomic E-state index is 1.16. The van der Waals surface area contributed by atoms with Gasteiger partial charge in [-0.05, 0) is 57.6 Å². The van der Waals surface area contributed by atoms with E-state index < -0.39 is 0 Å². The molecule has 0 atom stereocenters. The Morgan fingerprint density at radius 3 is 1.50 bits per heavy atom. The molecule has 0 bridgehead atoms. The van der Waals surface area contributed by atoms with E-state index in [2.05, 4.69) is 76.7 Å². The van der Waals surface area contributed by atoms with Gasteiger partial charge in [0.05, 0.1) is 0 Å². The SMILES string of the molecule is c1ccc(-c2cccc(-c3ccncc3)c2-c2ccncc2)cc1. The second kappa shape index (κ2) is 6.47. The summed E-state index contributed by atoms with van der Waals surface area (Å²) < 4.78 is 0. The van der Waals surface area contributed by atoms with Crippen molar-refractivity contribution in [1.29, 1.82) is 0 Å². The molecule has 0 fully saturated rings. The van der Waals surface area contributed by atoms with E-state index in [0.29, 0.717) is 0 Å². The fraction of sp³-hybridized carbons (Fsp3) is 0. The summed E-state index contributed by atoms with van der Waals surface area (Å²) in [5.41, 5.74) is 7.17. The summed E-state index contributed by atoms with van der Waals surface area (Å²) in [4.78, 5) is 8.31. The topological polar surface area (TPSA) is 25.8 Å². The van der Waals surface area contributed by atoms with E-state index in [1.54, 1.807) is 0 Å². The number of pyridine rings is 2. The molecule has 0 aliphatic carbocycles. The monoisotopic (exact) mass is 308 g/mol. The van der Waals surface area contributed by atoms with Gasteiger partial charge in [-0.25, -0.2) is 0 Å². The van der Waals surface area contributed by atoms with Gasteiger partial charge in [-0.15, -0.1) is 0 Å². The number of hydrogen-bond donors (Lipinski definition) is 0. The molecule has 0 N–H and O–H groups in total. The van der Waals surface area contributed by atoms with E-state index in [-0.39, 0.29) is 0 Å². The van der Waals surface area contributed by atoms with Crippen LogP contribution in [-0.4, -0.2) is 9.97 Å². The zero-order chi connectivity index (χ0) is 16.2. The molecule has 2 nitrogen and oxygen atoms in total. The average Bonchev–Trinajstić information content (AvgIpc) is 2.69. The van der Waals surface area contributed by atoms with E-state index in [9.17, 15) is 0 Å². The van der Waals surface area contributed by atoms with Crippen LogP contribution in [0.5, 0.6) is 0 Å². The van der Waals surface area contributed by atoms with E-state index in [1.807, 2.05) is 30.9 Å². The van der Waals surface area contributed by atoms with Crippen molar-refractivity contribution in [3.05, 3.63) is 97.6 Å². The molecule has 0 aliphatic rings.